The number of nitrogens with two attached hydrogens (primary N) is 1. The van der Waals surface area contributed by atoms with Gasteiger partial charge in [0, 0.05) is 23.6 Å². The van der Waals surface area contributed by atoms with Crippen molar-refractivity contribution in [1.29, 1.82) is 0 Å². The molecule has 0 aliphatic heterocycles. The van der Waals surface area contributed by atoms with E-state index in [0.29, 0.717) is 13.0 Å². The fraction of sp³-hybridized carbons (Fsp3) is 0.429. The van der Waals surface area contributed by atoms with Crippen molar-refractivity contribution in [1.82, 2.24) is 21.5 Å². The minimum atomic E-state index is -2.32. The summed E-state index contributed by atoms with van der Waals surface area (Å²) in [5, 5.41) is 13.5. The summed E-state index contributed by atoms with van der Waals surface area (Å²) in [5.74, 6) is -10.8. The third-order valence-electron chi connectivity index (χ3n) is 6.55. The molecule has 0 aliphatic carbocycles. The molecule has 15 heteroatoms. The Morgan fingerprint density at radius 2 is 1.28 bits per heavy atom. The highest BCUT2D eigenvalue weighted by Crippen LogP contribution is 2.29. The molecule has 6 N–H and O–H groups in total. The first-order valence-electron chi connectivity index (χ1n) is 13.0. The van der Waals surface area contributed by atoms with E-state index in [4.69, 9.17) is 34.9 Å². The van der Waals surface area contributed by atoms with Crippen molar-refractivity contribution in [2.45, 2.75) is 59.2 Å². The minimum Gasteiger partial charge on any atom is -0.364 e. The maximum atomic E-state index is 15.0. The first kappa shape index (κ1) is 35.9. The summed E-state index contributed by atoms with van der Waals surface area (Å²) < 4.78 is 78.3. The molecule has 0 heterocycles. The molecular weight excluding hydrogens is 609 g/mol. The molecule has 2 aromatic carbocycles. The van der Waals surface area contributed by atoms with Gasteiger partial charge in [-0.3, -0.25) is 10.9 Å². The Kier molecular flexibility index (Phi) is 12.1. The largest absolute Gasteiger partial charge is 0.364 e. The van der Waals surface area contributed by atoms with Crippen LogP contribution in [0.2, 0.25) is 0 Å². The summed E-state index contributed by atoms with van der Waals surface area (Å²) in [6, 6.07) is 7.80. The van der Waals surface area contributed by atoms with Gasteiger partial charge < -0.3 is 21.1 Å². The second-order valence-electron chi connectivity index (χ2n) is 11.3. The average molecular weight is 646 g/mol. The Hall–Kier alpha value is -3.27. The summed E-state index contributed by atoms with van der Waals surface area (Å²) >= 11 is 10.4. The van der Waals surface area contributed by atoms with Gasteiger partial charge in [0.1, 0.15) is 17.1 Å². The van der Waals surface area contributed by atoms with E-state index >= 15 is 8.78 Å². The van der Waals surface area contributed by atoms with Crippen molar-refractivity contribution < 1.29 is 26.7 Å². The topological polar surface area (TPSA) is 108 Å². The van der Waals surface area contributed by atoms with Crippen LogP contribution in [0.3, 0.4) is 0 Å². The second-order valence-corrected chi connectivity index (χ2v) is 12.1. The van der Waals surface area contributed by atoms with Gasteiger partial charge in [0.05, 0.1) is 12.2 Å². The molecule has 0 fully saturated rings. The first-order valence-corrected chi connectivity index (χ1v) is 13.9. The number of hydrogen-bond donors (Lipinski definition) is 5. The van der Waals surface area contributed by atoms with Crippen LogP contribution in [0, 0.1) is 34.5 Å². The van der Waals surface area contributed by atoms with Gasteiger partial charge in [-0.1, -0.05) is 51.1 Å². The van der Waals surface area contributed by atoms with Crippen molar-refractivity contribution in [2.24, 2.45) is 21.4 Å². The molecular formula is C28H36F5N7OS2. The lowest BCUT2D eigenvalue weighted by molar-refractivity contribution is -0.103. The molecule has 0 amide bonds. The van der Waals surface area contributed by atoms with Crippen LogP contribution in [0.5, 0.6) is 0 Å². The molecule has 236 valence electrons. The number of hydrogen-bond acceptors (Lipinski definition) is 6. The Bertz CT molecular complexity index is 1370. The predicted octanol–water partition coefficient (Wildman–Crippen LogP) is 4.95. The lowest BCUT2D eigenvalue weighted by Gasteiger charge is -2.39. The average Bonchev–Trinajstić information content (AvgIpc) is 2.92. The zero-order valence-electron chi connectivity index (χ0n) is 24.9. The van der Waals surface area contributed by atoms with Crippen LogP contribution in [0.15, 0.2) is 40.5 Å². The molecule has 1 unspecified atom stereocenters. The van der Waals surface area contributed by atoms with Gasteiger partial charge in [-0.25, -0.2) is 22.0 Å². The number of thiocarbonyl (C=S) groups is 2. The Morgan fingerprint density at radius 3 is 1.79 bits per heavy atom. The van der Waals surface area contributed by atoms with E-state index in [9.17, 15) is 13.2 Å². The third-order valence-corrected chi connectivity index (χ3v) is 7.04. The van der Waals surface area contributed by atoms with Crippen LogP contribution in [-0.4, -0.2) is 46.6 Å². The minimum absolute atomic E-state index is 0.0137. The first-order chi connectivity index (χ1) is 19.8. The van der Waals surface area contributed by atoms with Gasteiger partial charge in [-0.15, -0.1) is 0 Å². The molecule has 0 saturated carbocycles. The van der Waals surface area contributed by atoms with Crippen molar-refractivity contribution >= 4 is 46.1 Å². The number of halogens is 5. The molecule has 0 saturated heterocycles. The van der Waals surface area contributed by atoms with E-state index in [0.717, 1.165) is 0 Å². The van der Waals surface area contributed by atoms with Crippen molar-refractivity contribution in [2.75, 3.05) is 13.7 Å². The van der Waals surface area contributed by atoms with E-state index in [1.807, 2.05) is 34.6 Å². The van der Waals surface area contributed by atoms with Crippen molar-refractivity contribution in [3.05, 3.63) is 70.5 Å². The predicted molar refractivity (Wildman–Crippen MR) is 166 cm³/mol. The van der Waals surface area contributed by atoms with Gasteiger partial charge in [0.15, 0.2) is 33.5 Å². The van der Waals surface area contributed by atoms with Gasteiger partial charge in [0.2, 0.25) is 5.82 Å². The molecule has 0 bridgehead atoms. The van der Waals surface area contributed by atoms with Gasteiger partial charge in [-0.2, -0.15) is 10.2 Å². The zero-order valence-corrected chi connectivity index (χ0v) is 26.5. The highest BCUT2D eigenvalue weighted by atomic mass is 32.1. The summed E-state index contributed by atoms with van der Waals surface area (Å²) in [6.07, 6.45) is 0.468. The Morgan fingerprint density at radius 1 is 0.791 bits per heavy atom. The van der Waals surface area contributed by atoms with Crippen LogP contribution in [0.1, 0.15) is 59.1 Å². The zero-order chi connectivity index (χ0) is 32.8. The van der Waals surface area contributed by atoms with Crippen LogP contribution in [0.25, 0.3) is 0 Å². The van der Waals surface area contributed by atoms with E-state index < -0.39 is 51.6 Å². The van der Waals surface area contributed by atoms with Crippen LogP contribution in [-0.2, 0) is 4.74 Å². The SMILES string of the molecule is CNC(=S)N/N=C(/C(=N/NC(=S)NC(C)(C)CCOC(C)(N)C(C)(C)C)c1ccccc1)c1c(F)c(F)c(F)c(F)c1F. The lowest BCUT2D eigenvalue weighted by Crippen LogP contribution is -2.52. The normalized spacial score (nSPS) is 14.2. The van der Waals surface area contributed by atoms with Crippen LogP contribution < -0.4 is 27.2 Å². The maximum Gasteiger partial charge on any atom is 0.200 e. The quantitative estimate of drug-likeness (QED) is 0.0470. The number of nitrogens with one attached hydrogen (secondary N) is 4. The molecule has 2 aromatic rings. The summed E-state index contributed by atoms with van der Waals surface area (Å²) in [4.78, 5) is 0. The number of benzene rings is 2. The standard InChI is InChI=1S/C28H36F5N7OS2/c1-26(2,3)28(6,34)41-14-13-27(4,5)36-25(43)40-37-22(15-11-9-8-10-12-15)23(38-39-24(42)35-7)16-17(29)19(31)21(33)20(32)18(16)30/h8-12H,13-14,34H2,1-7H3,(H2,35,39,42)(H2,36,40,43)/b37-22+,38-23+. The Labute approximate surface area is 258 Å². The highest BCUT2D eigenvalue weighted by molar-refractivity contribution is 7.80. The summed E-state index contributed by atoms with van der Waals surface area (Å²) in [5.41, 5.74) is 7.16. The fourth-order valence-electron chi connectivity index (χ4n) is 3.29. The lowest BCUT2D eigenvalue weighted by atomic mass is 9.85. The number of hydrazone groups is 2. The van der Waals surface area contributed by atoms with Gasteiger partial charge in [0.25, 0.3) is 0 Å². The molecule has 0 aliphatic rings. The second kappa shape index (κ2) is 14.5. The smallest absolute Gasteiger partial charge is 0.200 e. The molecule has 43 heavy (non-hydrogen) atoms. The van der Waals surface area contributed by atoms with E-state index in [1.165, 1.54) is 19.2 Å². The molecule has 8 nitrogen and oxygen atoms in total. The van der Waals surface area contributed by atoms with Crippen LogP contribution >= 0.6 is 24.4 Å². The molecule has 0 spiro atoms. The van der Waals surface area contributed by atoms with Crippen LogP contribution in [0.4, 0.5) is 22.0 Å². The van der Waals surface area contributed by atoms with E-state index in [2.05, 4.69) is 31.7 Å². The Balaban J connectivity index is 2.49. The fourth-order valence-corrected chi connectivity index (χ4v) is 3.66. The van der Waals surface area contributed by atoms with Crippen molar-refractivity contribution in [3.8, 4) is 0 Å². The monoisotopic (exact) mass is 645 g/mol. The molecule has 0 radical (unpaired) electrons. The highest BCUT2D eigenvalue weighted by Gasteiger charge is 2.35. The van der Waals surface area contributed by atoms with E-state index in [1.54, 1.807) is 25.1 Å². The number of ether oxygens (including phenoxy) is 1. The number of rotatable bonds is 10. The van der Waals surface area contributed by atoms with E-state index in [-0.39, 0.29) is 26.9 Å². The molecule has 1 atom stereocenters. The van der Waals surface area contributed by atoms with Gasteiger partial charge in [-0.05, 0) is 51.6 Å². The van der Waals surface area contributed by atoms with Gasteiger partial charge >= 0.3 is 0 Å². The van der Waals surface area contributed by atoms with Crippen molar-refractivity contribution in [3.63, 3.8) is 0 Å². The third kappa shape index (κ3) is 9.36. The maximum absolute atomic E-state index is 15.0. The molecule has 0 aromatic heterocycles. The summed E-state index contributed by atoms with van der Waals surface area (Å²) in [7, 11) is 1.44. The molecule has 2 rings (SSSR count). The number of nitrogens with zero attached hydrogens (tertiary/aromatic N) is 2. The summed E-state index contributed by atoms with van der Waals surface area (Å²) in [6.45, 7) is 11.7.